The Bertz CT molecular complexity index is 3010. The molecule has 3 nitrogen and oxygen atoms in total. The maximum absolute atomic E-state index is 5.17. The van der Waals surface area contributed by atoms with Crippen LogP contribution in [0.2, 0.25) is 0 Å². The zero-order chi connectivity index (χ0) is 36.7. The SMILES string of the molecule is CC1(C)c2cc(-c3ccc4ccc5cccc6ccc3c4c56)ccc2-c2c(-c3cccc(C4=NC(c5ccccc5)NC(c5ccccc5)=N4)c3)cccc21. The van der Waals surface area contributed by atoms with Crippen molar-refractivity contribution in [2.75, 3.05) is 0 Å². The van der Waals surface area contributed by atoms with E-state index < -0.39 is 0 Å². The summed E-state index contributed by atoms with van der Waals surface area (Å²) in [5, 5.41) is 11.5. The first-order chi connectivity index (χ1) is 27.0. The zero-order valence-corrected chi connectivity index (χ0v) is 30.7. The highest BCUT2D eigenvalue weighted by Crippen LogP contribution is 2.53. The average molecular weight is 704 g/mol. The lowest BCUT2D eigenvalue weighted by Gasteiger charge is -2.24. The molecule has 1 aliphatic heterocycles. The maximum Gasteiger partial charge on any atom is 0.159 e. The van der Waals surface area contributed by atoms with Gasteiger partial charge < -0.3 is 5.32 Å². The van der Waals surface area contributed by atoms with Gasteiger partial charge in [-0.05, 0) is 94.5 Å². The molecule has 260 valence electrons. The number of benzene rings is 9. The van der Waals surface area contributed by atoms with E-state index in [2.05, 4.69) is 171 Å². The van der Waals surface area contributed by atoms with Gasteiger partial charge in [0.2, 0.25) is 0 Å². The molecule has 0 radical (unpaired) electrons. The molecule has 0 saturated heterocycles. The molecule has 9 aromatic rings. The number of hydrogen-bond acceptors (Lipinski definition) is 3. The summed E-state index contributed by atoms with van der Waals surface area (Å²) in [4.78, 5) is 10.3. The fourth-order valence-corrected chi connectivity index (χ4v) is 9.14. The topological polar surface area (TPSA) is 36.8 Å². The second-order valence-electron chi connectivity index (χ2n) is 15.4. The lowest BCUT2D eigenvalue weighted by Crippen LogP contribution is -2.33. The Morgan fingerprint density at radius 3 is 1.93 bits per heavy atom. The highest BCUT2D eigenvalue weighted by Gasteiger charge is 2.37. The largest absolute Gasteiger partial charge is 0.344 e. The minimum absolute atomic E-state index is 0.172. The predicted octanol–water partition coefficient (Wildman–Crippen LogP) is 12.7. The van der Waals surface area contributed by atoms with Crippen LogP contribution >= 0.6 is 0 Å². The van der Waals surface area contributed by atoms with Crippen molar-refractivity contribution < 1.29 is 0 Å². The van der Waals surface area contributed by atoms with Crippen LogP contribution in [0.5, 0.6) is 0 Å². The highest BCUT2D eigenvalue weighted by molar-refractivity contribution is 6.25. The maximum atomic E-state index is 5.17. The molecule has 1 atom stereocenters. The van der Waals surface area contributed by atoms with Crippen LogP contribution in [-0.2, 0) is 5.41 Å². The minimum atomic E-state index is -0.246. The van der Waals surface area contributed by atoms with Crippen LogP contribution in [0, 0.1) is 0 Å². The Kier molecular flexibility index (Phi) is 6.96. The van der Waals surface area contributed by atoms with Gasteiger partial charge in [0.25, 0.3) is 0 Å². The van der Waals surface area contributed by atoms with E-state index in [9.17, 15) is 0 Å². The molecule has 0 aromatic heterocycles. The Balaban J connectivity index is 1.02. The van der Waals surface area contributed by atoms with Gasteiger partial charge in [0.05, 0.1) is 0 Å². The molecule has 11 rings (SSSR count). The molecule has 0 spiro atoms. The van der Waals surface area contributed by atoms with E-state index in [4.69, 9.17) is 9.98 Å². The Morgan fingerprint density at radius 1 is 0.473 bits per heavy atom. The summed E-state index contributed by atoms with van der Waals surface area (Å²) in [5.74, 6) is 1.54. The third kappa shape index (κ3) is 4.97. The summed E-state index contributed by atoms with van der Waals surface area (Å²) in [6.07, 6.45) is -0.246. The van der Waals surface area contributed by atoms with E-state index in [1.165, 1.54) is 71.3 Å². The number of nitrogens with one attached hydrogen (secondary N) is 1. The minimum Gasteiger partial charge on any atom is -0.344 e. The number of fused-ring (bicyclic) bond motifs is 3. The monoisotopic (exact) mass is 703 g/mol. The van der Waals surface area contributed by atoms with Crippen LogP contribution < -0.4 is 5.32 Å². The molecule has 55 heavy (non-hydrogen) atoms. The standard InChI is InChI=1S/C52H37N3/c1-52(2)44-21-11-20-41(37-18-10-19-39(30-37)51-54-49(35-12-5-3-6-13-35)53-50(55-51)36-14-7-4-8-15-36)48(44)43-29-26-38(31-45(43)52)40-27-24-34-23-22-32-16-9-17-33-25-28-42(40)47(34)46(32)33/h3-31,49H,1-2H3,(H,53,54,55). The van der Waals surface area contributed by atoms with E-state index >= 15 is 0 Å². The highest BCUT2D eigenvalue weighted by atomic mass is 15.2. The lowest BCUT2D eigenvalue weighted by molar-refractivity contribution is 0.660. The predicted molar refractivity (Wildman–Crippen MR) is 230 cm³/mol. The molecule has 9 aromatic carbocycles. The van der Waals surface area contributed by atoms with Crippen molar-refractivity contribution in [2.24, 2.45) is 9.98 Å². The Labute approximate surface area is 320 Å². The summed E-state index contributed by atoms with van der Waals surface area (Å²) < 4.78 is 0. The normalized spacial score (nSPS) is 15.8. The second kappa shape index (κ2) is 12.1. The average Bonchev–Trinajstić information content (AvgIpc) is 3.48. The van der Waals surface area contributed by atoms with Crippen molar-refractivity contribution in [3.05, 3.63) is 204 Å². The van der Waals surface area contributed by atoms with Crippen LogP contribution in [0.25, 0.3) is 65.7 Å². The number of rotatable bonds is 5. The Hall–Kier alpha value is -6.84. The molecular formula is C52H37N3. The van der Waals surface area contributed by atoms with Crippen LogP contribution in [-0.4, -0.2) is 11.7 Å². The fraction of sp³-hybridized carbons (Fsp3) is 0.0769. The quantitative estimate of drug-likeness (QED) is 0.178. The van der Waals surface area contributed by atoms with Gasteiger partial charge in [0.15, 0.2) is 5.84 Å². The van der Waals surface area contributed by atoms with E-state index in [0.717, 1.165) is 33.9 Å². The molecule has 1 N–H and O–H groups in total. The summed E-state index contributed by atoms with van der Waals surface area (Å²) >= 11 is 0. The molecule has 0 amide bonds. The van der Waals surface area contributed by atoms with Crippen molar-refractivity contribution in [1.82, 2.24) is 5.32 Å². The molecular weight excluding hydrogens is 667 g/mol. The van der Waals surface area contributed by atoms with Crippen molar-refractivity contribution in [2.45, 2.75) is 25.4 Å². The van der Waals surface area contributed by atoms with Crippen LogP contribution in [0.1, 0.15) is 47.8 Å². The van der Waals surface area contributed by atoms with Crippen molar-refractivity contribution in [1.29, 1.82) is 0 Å². The van der Waals surface area contributed by atoms with Gasteiger partial charge in [-0.2, -0.15) is 0 Å². The molecule has 0 fully saturated rings. The smallest absolute Gasteiger partial charge is 0.159 e. The first-order valence-electron chi connectivity index (χ1n) is 19.1. The zero-order valence-electron chi connectivity index (χ0n) is 30.7. The van der Waals surface area contributed by atoms with Gasteiger partial charge in [0.1, 0.15) is 12.0 Å². The van der Waals surface area contributed by atoms with E-state index in [1.54, 1.807) is 0 Å². The summed E-state index contributed by atoms with van der Waals surface area (Å²) in [5.41, 5.74) is 13.2. The van der Waals surface area contributed by atoms with Gasteiger partial charge >= 0.3 is 0 Å². The molecule has 1 heterocycles. The molecule has 0 saturated carbocycles. The first kappa shape index (κ1) is 31.7. The van der Waals surface area contributed by atoms with Crippen LogP contribution in [0.3, 0.4) is 0 Å². The first-order valence-corrected chi connectivity index (χ1v) is 19.1. The van der Waals surface area contributed by atoms with E-state index in [-0.39, 0.29) is 11.6 Å². The molecule has 3 heteroatoms. The lowest BCUT2D eigenvalue weighted by atomic mass is 9.81. The van der Waals surface area contributed by atoms with E-state index in [1.807, 2.05) is 24.3 Å². The Morgan fingerprint density at radius 2 is 1.11 bits per heavy atom. The van der Waals surface area contributed by atoms with Gasteiger partial charge in [-0.1, -0.05) is 178 Å². The van der Waals surface area contributed by atoms with Crippen molar-refractivity contribution >= 4 is 44.0 Å². The van der Waals surface area contributed by atoms with Gasteiger partial charge in [-0.25, -0.2) is 9.98 Å². The van der Waals surface area contributed by atoms with Gasteiger partial charge in [0, 0.05) is 16.5 Å². The van der Waals surface area contributed by atoms with Crippen LogP contribution in [0.4, 0.5) is 0 Å². The second-order valence-corrected chi connectivity index (χ2v) is 15.4. The van der Waals surface area contributed by atoms with Crippen molar-refractivity contribution in [3.8, 4) is 33.4 Å². The summed E-state index contributed by atoms with van der Waals surface area (Å²) in [6.45, 7) is 4.75. The van der Waals surface area contributed by atoms with Crippen molar-refractivity contribution in [3.63, 3.8) is 0 Å². The molecule has 1 unspecified atom stereocenters. The van der Waals surface area contributed by atoms with Crippen LogP contribution in [0.15, 0.2) is 186 Å². The molecule has 1 aliphatic carbocycles. The van der Waals surface area contributed by atoms with Gasteiger partial charge in [-0.15, -0.1) is 0 Å². The third-order valence-corrected chi connectivity index (χ3v) is 11.9. The number of hydrogen-bond donors (Lipinski definition) is 1. The summed E-state index contributed by atoms with van der Waals surface area (Å²) in [6, 6.07) is 63.8. The van der Waals surface area contributed by atoms with E-state index in [0.29, 0.717) is 0 Å². The molecule has 0 bridgehead atoms. The number of amidine groups is 2. The molecule has 2 aliphatic rings. The fourth-order valence-electron chi connectivity index (χ4n) is 9.14. The third-order valence-electron chi connectivity index (χ3n) is 11.9. The summed E-state index contributed by atoms with van der Waals surface area (Å²) in [7, 11) is 0. The van der Waals surface area contributed by atoms with Gasteiger partial charge in [-0.3, -0.25) is 0 Å². The number of aliphatic imine (C=N–C) groups is 2. The number of nitrogens with zero attached hydrogens (tertiary/aromatic N) is 2.